The molecule has 2 rings (SSSR count). The fourth-order valence-electron chi connectivity index (χ4n) is 4.66. The van der Waals surface area contributed by atoms with Crippen LogP contribution in [0, 0.1) is 23.7 Å². The summed E-state index contributed by atoms with van der Waals surface area (Å²) in [5, 5.41) is 0. The molecule has 2 heteroatoms. The third-order valence-corrected chi connectivity index (χ3v) is 5.62. The zero-order valence-electron chi connectivity index (χ0n) is 14.1. The second kappa shape index (κ2) is 7.26. The van der Waals surface area contributed by atoms with Gasteiger partial charge in [-0.2, -0.15) is 0 Å². The summed E-state index contributed by atoms with van der Waals surface area (Å²) in [5.41, 5.74) is 6.51. The predicted octanol–water partition coefficient (Wildman–Crippen LogP) is 3.90. The van der Waals surface area contributed by atoms with Crippen molar-refractivity contribution in [3.05, 3.63) is 0 Å². The van der Waals surface area contributed by atoms with Crippen LogP contribution in [0.5, 0.6) is 0 Å². The van der Waals surface area contributed by atoms with Gasteiger partial charge in [-0.05, 0) is 49.4 Å². The van der Waals surface area contributed by atoms with Gasteiger partial charge in [-0.1, -0.05) is 40.5 Å². The highest BCUT2D eigenvalue weighted by atomic mass is 15.2. The Morgan fingerprint density at radius 3 is 2.30 bits per heavy atom. The highest BCUT2D eigenvalue weighted by molar-refractivity contribution is 4.89. The minimum Gasteiger partial charge on any atom is -0.327 e. The maximum absolute atomic E-state index is 6.51. The van der Waals surface area contributed by atoms with Crippen LogP contribution in [0.15, 0.2) is 0 Å². The molecule has 0 aromatic carbocycles. The summed E-state index contributed by atoms with van der Waals surface area (Å²) in [5.74, 6) is 3.10. The van der Waals surface area contributed by atoms with Gasteiger partial charge < -0.3 is 5.73 Å². The summed E-state index contributed by atoms with van der Waals surface area (Å²) in [6.07, 6.45) is 8.30. The first kappa shape index (κ1) is 16.3. The van der Waals surface area contributed by atoms with Crippen LogP contribution < -0.4 is 5.73 Å². The SMILES string of the molecule is CC(C)CN(CC1C(C)CC(C)CC1N)C1CCCC1. The van der Waals surface area contributed by atoms with Crippen LogP contribution in [0.2, 0.25) is 0 Å². The number of nitrogens with zero attached hydrogens (tertiary/aromatic N) is 1. The summed E-state index contributed by atoms with van der Waals surface area (Å²) >= 11 is 0. The van der Waals surface area contributed by atoms with Crippen LogP contribution in [0.4, 0.5) is 0 Å². The number of nitrogens with two attached hydrogens (primary N) is 1. The standard InChI is InChI=1S/C18H36N2/c1-13(2)11-20(16-7-5-6-8-16)12-17-15(4)9-14(3)10-18(17)19/h13-18H,5-12,19H2,1-4H3. The molecule has 4 unspecified atom stereocenters. The third kappa shape index (κ3) is 4.21. The first-order valence-electron chi connectivity index (χ1n) is 8.97. The summed E-state index contributed by atoms with van der Waals surface area (Å²) in [6, 6.07) is 1.26. The van der Waals surface area contributed by atoms with Crippen LogP contribution in [0.25, 0.3) is 0 Å². The average Bonchev–Trinajstić information content (AvgIpc) is 2.85. The third-order valence-electron chi connectivity index (χ3n) is 5.62. The molecule has 0 aromatic heterocycles. The lowest BCUT2D eigenvalue weighted by Gasteiger charge is -2.42. The monoisotopic (exact) mass is 280 g/mol. The van der Waals surface area contributed by atoms with Crippen molar-refractivity contribution in [1.82, 2.24) is 4.90 Å². The Hall–Kier alpha value is -0.0800. The maximum Gasteiger partial charge on any atom is 0.00954 e. The van der Waals surface area contributed by atoms with Gasteiger partial charge in [-0.3, -0.25) is 4.90 Å². The van der Waals surface area contributed by atoms with Gasteiger partial charge >= 0.3 is 0 Å². The number of hydrogen-bond acceptors (Lipinski definition) is 2. The van der Waals surface area contributed by atoms with Gasteiger partial charge in [0.15, 0.2) is 0 Å². The molecule has 0 aromatic rings. The van der Waals surface area contributed by atoms with Gasteiger partial charge in [0.25, 0.3) is 0 Å². The van der Waals surface area contributed by atoms with Crippen LogP contribution in [0.1, 0.15) is 66.2 Å². The van der Waals surface area contributed by atoms with E-state index in [2.05, 4.69) is 32.6 Å². The van der Waals surface area contributed by atoms with Crippen molar-refractivity contribution in [1.29, 1.82) is 0 Å². The molecular weight excluding hydrogens is 244 g/mol. The minimum atomic E-state index is 0.421. The molecule has 0 saturated heterocycles. The fourth-order valence-corrected chi connectivity index (χ4v) is 4.66. The van der Waals surface area contributed by atoms with E-state index in [0.29, 0.717) is 12.0 Å². The van der Waals surface area contributed by atoms with Crippen molar-refractivity contribution >= 4 is 0 Å². The molecular formula is C18H36N2. The van der Waals surface area contributed by atoms with Gasteiger partial charge in [-0.15, -0.1) is 0 Å². The zero-order valence-corrected chi connectivity index (χ0v) is 14.1. The van der Waals surface area contributed by atoms with Crippen molar-refractivity contribution in [3.8, 4) is 0 Å². The topological polar surface area (TPSA) is 29.3 Å². The number of hydrogen-bond donors (Lipinski definition) is 1. The molecule has 0 bridgehead atoms. The minimum absolute atomic E-state index is 0.421. The fraction of sp³-hybridized carbons (Fsp3) is 1.00. The Bertz CT molecular complexity index is 271. The molecule has 2 nitrogen and oxygen atoms in total. The molecule has 0 spiro atoms. The molecule has 118 valence electrons. The van der Waals surface area contributed by atoms with E-state index in [0.717, 1.165) is 23.8 Å². The van der Waals surface area contributed by atoms with Crippen molar-refractivity contribution in [2.75, 3.05) is 13.1 Å². The molecule has 2 aliphatic rings. The molecule has 0 aliphatic heterocycles. The normalized spacial score (nSPS) is 36.1. The zero-order chi connectivity index (χ0) is 14.7. The van der Waals surface area contributed by atoms with E-state index in [-0.39, 0.29) is 0 Å². The van der Waals surface area contributed by atoms with Crippen LogP contribution in [0.3, 0.4) is 0 Å². The first-order chi connectivity index (χ1) is 9.47. The van der Waals surface area contributed by atoms with Crippen molar-refractivity contribution in [2.45, 2.75) is 78.3 Å². The summed E-state index contributed by atoms with van der Waals surface area (Å²) in [6.45, 7) is 12.0. The molecule has 4 atom stereocenters. The van der Waals surface area contributed by atoms with Gasteiger partial charge in [0, 0.05) is 25.2 Å². The quantitative estimate of drug-likeness (QED) is 0.827. The smallest absolute Gasteiger partial charge is 0.00954 e. The largest absolute Gasteiger partial charge is 0.327 e. The van der Waals surface area contributed by atoms with E-state index >= 15 is 0 Å². The van der Waals surface area contributed by atoms with Crippen LogP contribution >= 0.6 is 0 Å². The van der Waals surface area contributed by atoms with Gasteiger partial charge in [0.1, 0.15) is 0 Å². The Balaban J connectivity index is 1.98. The molecule has 20 heavy (non-hydrogen) atoms. The molecule has 2 aliphatic carbocycles. The van der Waals surface area contributed by atoms with Gasteiger partial charge in [0.05, 0.1) is 0 Å². The summed E-state index contributed by atoms with van der Waals surface area (Å²) < 4.78 is 0. The lowest BCUT2D eigenvalue weighted by atomic mass is 9.72. The van der Waals surface area contributed by atoms with Crippen molar-refractivity contribution in [2.24, 2.45) is 29.4 Å². The van der Waals surface area contributed by atoms with Gasteiger partial charge in [0.2, 0.25) is 0 Å². The lowest BCUT2D eigenvalue weighted by molar-refractivity contribution is 0.0852. The average molecular weight is 280 g/mol. The first-order valence-corrected chi connectivity index (χ1v) is 8.97. The second-order valence-electron chi connectivity index (χ2n) is 8.17. The van der Waals surface area contributed by atoms with E-state index < -0.39 is 0 Å². The Morgan fingerprint density at radius 2 is 1.75 bits per heavy atom. The summed E-state index contributed by atoms with van der Waals surface area (Å²) in [7, 11) is 0. The summed E-state index contributed by atoms with van der Waals surface area (Å²) in [4.78, 5) is 2.80. The Kier molecular flexibility index (Phi) is 5.92. The van der Waals surface area contributed by atoms with E-state index in [1.165, 1.54) is 51.6 Å². The van der Waals surface area contributed by atoms with E-state index in [4.69, 9.17) is 5.73 Å². The van der Waals surface area contributed by atoms with E-state index in [1.807, 2.05) is 0 Å². The highest BCUT2D eigenvalue weighted by Crippen LogP contribution is 2.35. The Labute approximate surface area is 126 Å². The molecule has 0 amide bonds. The van der Waals surface area contributed by atoms with Crippen molar-refractivity contribution < 1.29 is 0 Å². The van der Waals surface area contributed by atoms with Crippen LogP contribution in [-0.2, 0) is 0 Å². The molecule has 2 N–H and O–H groups in total. The second-order valence-corrected chi connectivity index (χ2v) is 8.17. The van der Waals surface area contributed by atoms with Gasteiger partial charge in [-0.25, -0.2) is 0 Å². The lowest BCUT2D eigenvalue weighted by Crippen LogP contribution is -2.49. The highest BCUT2D eigenvalue weighted by Gasteiger charge is 2.34. The molecule has 0 heterocycles. The van der Waals surface area contributed by atoms with E-state index in [1.54, 1.807) is 0 Å². The maximum atomic E-state index is 6.51. The van der Waals surface area contributed by atoms with E-state index in [9.17, 15) is 0 Å². The Morgan fingerprint density at radius 1 is 1.10 bits per heavy atom. The van der Waals surface area contributed by atoms with Crippen LogP contribution in [-0.4, -0.2) is 30.1 Å². The van der Waals surface area contributed by atoms with Crippen molar-refractivity contribution in [3.63, 3.8) is 0 Å². The number of rotatable bonds is 5. The predicted molar refractivity (Wildman–Crippen MR) is 87.7 cm³/mol. The molecule has 0 radical (unpaired) electrons. The molecule has 2 fully saturated rings. The molecule has 2 saturated carbocycles.